The Morgan fingerprint density at radius 1 is 1.39 bits per heavy atom. The van der Waals surface area contributed by atoms with Crippen LogP contribution in [-0.2, 0) is 6.61 Å². The zero-order valence-corrected chi connectivity index (χ0v) is 9.95. The smallest absolute Gasteiger partial charge is 0.153 e. The summed E-state index contributed by atoms with van der Waals surface area (Å²) in [6.45, 7) is 0.446. The van der Waals surface area contributed by atoms with E-state index in [0.29, 0.717) is 24.0 Å². The van der Waals surface area contributed by atoms with E-state index in [1.54, 1.807) is 6.07 Å². The number of ether oxygens (including phenoxy) is 1. The second-order valence-electron chi connectivity index (χ2n) is 4.47. The summed E-state index contributed by atoms with van der Waals surface area (Å²) in [4.78, 5) is 15.0. The maximum absolute atomic E-state index is 10.9. The molecule has 1 aliphatic carbocycles. The third-order valence-corrected chi connectivity index (χ3v) is 3.11. The van der Waals surface area contributed by atoms with Crippen molar-refractivity contribution in [2.45, 2.75) is 25.5 Å². The number of benzene rings is 1. The minimum atomic E-state index is 0.446. The van der Waals surface area contributed by atoms with Crippen LogP contribution in [0.1, 0.15) is 34.9 Å². The summed E-state index contributed by atoms with van der Waals surface area (Å²) in [5.41, 5.74) is 1.63. The Kier molecular flexibility index (Phi) is 2.84. The Labute approximate surface area is 105 Å². The van der Waals surface area contributed by atoms with E-state index in [1.807, 2.05) is 30.7 Å². The molecular weight excluding hydrogens is 228 g/mol. The number of carbonyl (C=O) groups excluding carboxylic acids is 1. The maximum atomic E-state index is 10.9. The number of imidazole rings is 1. The summed E-state index contributed by atoms with van der Waals surface area (Å²) in [5.74, 6) is 0.621. The molecule has 2 aromatic rings. The van der Waals surface area contributed by atoms with Gasteiger partial charge in [0.05, 0.1) is 23.8 Å². The molecule has 92 valence electrons. The van der Waals surface area contributed by atoms with E-state index in [4.69, 9.17) is 4.74 Å². The third-order valence-electron chi connectivity index (χ3n) is 3.11. The molecule has 0 amide bonds. The Bertz CT molecular complexity index is 558. The van der Waals surface area contributed by atoms with Crippen molar-refractivity contribution in [1.29, 1.82) is 0 Å². The molecule has 4 nitrogen and oxygen atoms in total. The molecule has 1 aromatic carbocycles. The van der Waals surface area contributed by atoms with Gasteiger partial charge >= 0.3 is 0 Å². The van der Waals surface area contributed by atoms with Crippen LogP contribution >= 0.6 is 0 Å². The van der Waals surface area contributed by atoms with Gasteiger partial charge in [-0.1, -0.05) is 12.1 Å². The predicted octanol–water partition coefficient (Wildman–Crippen LogP) is 2.61. The molecule has 0 saturated heterocycles. The van der Waals surface area contributed by atoms with Crippen LogP contribution in [0.5, 0.6) is 5.75 Å². The summed E-state index contributed by atoms with van der Waals surface area (Å²) in [5, 5.41) is 0. The Morgan fingerprint density at radius 2 is 2.22 bits per heavy atom. The Morgan fingerprint density at radius 3 is 3.00 bits per heavy atom. The third kappa shape index (κ3) is 2.14. The lowest BCUT2D eigenvalue weighted by molar-refractivity contribution is 0.111. The SMILES string of the molecule is O=Cc1ccccc1OCc1cncn1C1CC1. The van der Waals surface area contributed by atoms with Gasteiger partial charge in [-0.25, -0.2) is 4.98 Å². The highest BCUT2D eigenvalue weighted by atomic mass is 16.5. The first-order valence-corrected chi connectivity index (χ1v) is 6.06. The molecule has 18 heavy (non-hydrogen) atoms. The van der Waals surface area contributed by atoms with Gasteiger partial charge in [0.1, 0.15) is 12.4 Å². The van der Waals surface area contributed by atoms with Gasteiger partial charge in [-0.2, -0.15) is 0 Å². The van der Waals surface area contributed by atoms with Crippen molar-refractivity contribution in [3.63, 3.8) is 0 Å². The minimum Gasteiger partial charge on any atom is -0.487 e. The number of para-hydroxylation sites is 1. The molecule has 0 unspecified atom stereocenters. The van der Waals surface area contributed by atoms with Crippen LogP contribution in [0.3, 0.4) is 0 Å². The molecule has 0 atom stereocenters. The molecule has 4 heteroatoms. The van der Waals surface area contributed by atoms with E-state index in [9.17, 15) is 4.79 Å². The predicted molar refractivity (Wildman–Crippen MR) is 66.7 cm³/mol. The Balaban J connectivity index is 1.73. The number of nitrogens with zero attached hydrogens (tertiary/aromatic N) is 2. The molecule has 0 spiro atoms. The van der Waals surface area contributed by atoms with E-state index in [0.717, 1.165) is 12.0 Å². The number of hydrogen-bond donors (Lipinski definition) is 0. The van der Waals surface area contributed by atoms with Crippen molar-refractivity contribution in [2.24, 2.45) is 0 Å². The van der Waals surface area contributed by atoms with Crippen LogP contribution in [0.15, 0.2) is 36.8 Å². The van der Waals surface area contributed by atoms with Crippen LogP contribution < -0.4 is 4.74 Å². The van der Waals surface area contributed by atoms with Crippen LogP contribution in [0.4, 0.5) is 0 Å². The lowest BCUT2D eigenvalue weighted by Gasteiger charge is -2.10. The normalized spacial score (nSPS) is 14.4. The average Bonchev–Trinajstić information content (AvgIpc) is 3.16. The van der Waals surface area contributed by atoms with Gasteiger partial charge in [0.2, 0.25) is 0 Å². The number of rotatable bonds is 5. The second kappa shape index (κ2) is 4.64. The van der Waals surface area contributed by atoms with Gasteiger partial charge in [0, 0.05) is 6.04 Å². The number of hydrogen-bond acceptors (Lipinski definition) is 3. The molecule has 1 heterocycles. The molecule has 0 N–H and O–H groups in total. The largest absolute Gasteiger partial charge is 0.487 e. The Hall–Kier alpha value is -2.10. The molecule has 1 aromatic heterocycles. The van der Waals surface area contributed by atoms with E-state index in [2.05, 4.69) is 9.55 Å². The fraction of sp³-hybridized carbons (Fsp3) is 0.286. The van der Waals surface area contributed by atoms with Crippen molar-refractivity contribution in [1.82, 2.24) is 9.55 Å². The lowest BCUT2D eigenvalue weighted by Crippen LogP contribution is -2.04. The topological polar surface area (TPSA) is 44.1 Å². The molecule has 0 aliphatic heterocycles. The molecular formula is C14H14N2O2. The van der Waals surface area contributed by atoms with Crippen molar-refractivity contribution in [2.75, 3.05) is 0 Å². The fourth-order valence-corrected chi connectivity index (χ4v) is 1.99. The van der Waals surface area contributed by atoms with Gasteiger partial charge in [0.25, 0.3) is 0 Å². The van der Waals surface area contributed by atoms with Crippen LogP contribution in [0.25, 0.3) is 0 Å². The standard InChI is InChI=1S/C14H14N2O2/c17-8-11-3-1-2-4-14(11)18-9-13-7-15-10-16(13)12-5-6-12/h1-4,7-8,10,12H,5-6,9H2. The first kappa shape index (κ1) is 11.0. The molecule has 0 bridgehead atoms. The monoisotopic (exact) mass is 242 g/mol. The first-order valence-electron chi connectivity index (χ1n) is 6.06. The highest BCUT2D eigenvalue weighted by Gasteiger charge is 2.25. The summed E-state index contributed by atoms with van der Waals surface area (Å²) >= 11 is 0. The molecule has 1 saturated carbocycles. The summed E-state index contributed by atoms with van der Waals surface area (Å²) in [7, 11) is 0. The van der Waals surface area contributed by atoms with Gasteiger partial charge in [-0.3, -0.25) is 4.79 Å². The van der Waals surface area contributed by atoms with Crippen molar-refractivity contribution >= 4 is 6.29 Å². The van der Waals surface area contributed by atoms with E-state index in [-0.39, 0.29) is 0 Å². The van der Waals surface area contributed by atoms with Crippen LogP contribution in [-0.4, -0.2) is 15.8 Å². The molecule has 0 radical (unpaired) electrons. The quantitative estimate of drug-likeness (QED) is 0.757. The summed E-state index contributed by atoms with van der Waals surface area (Å²) < 4.78 is 7.86. The summed E-state index contributed by atoms with van der Waals surface area (Å²) in [6.07, 6.45) is 6.92. The summed E-state index contributed by atoms with van der Waals surface area (Å²) in [6, 6.07) is 7.83. The maximum Gasteiger partial charge on any atom is 0.153 e. The number of aldehydes is 1. The van der Waals surface area contributed by atoms with Gasteiger partial charge in [0.15, 0.2) is 6.29 Å². The molecule has 1 aliphatic rings. The second-order valence-corrected chi connectivity index (χ2v) is 4.47. The van der Waals surface area contributed by atoms with Gasteiger partial charge < -0.3 is 9.30 Å². The zero-order chi connectivity index (χ0) is 12.4. The van der Waals surface area contributed by atoms with Gasteiger partial charge in [-0.05, 0) is 25.0 Å². The highest BCUT2D eigenvalue weighted by Crippen LogP contribution is 2.35. The lowest BCUT2D eigenvalue weighted by atomic mass is 10.2. The highest BCUT2D eigenvalue weighted by molar-refractivity contribution is 5.79. The van der Waals surface area contributed by atoms with Crippen molar-refractivity contribution in [3.05, 3.63) is 48.0 Å². The van der Waals surface area contributed by atoms with E-state index < -0.39 is 0 Å². The first-order chi connectivity index (χ1) is 8.88. The van der Waals surface area contributed by atoms with Crippen molar-refractivity contribution < 1.29 is 9.53 Å². The van der Waals surface area contributed by atoms with E-state index in [1.165, 1.54) is 12.8 Å². The fourth-order valence-electron chi connectivity index (χ4n) is 1.99. The van der Waals surface area contributed by atoms with Crippen molar-refractivity contribution in [3.8, 4) is 5.75 Å². The number of carbonyl (C=O) groups is 1. The molecule has 3 rings (SSSR count). The zero-order valence-electron chi connectivity index (χ0n) is 9.95. The molecule has 1 fully saturated rings. The van der Waals surface area contributed by atoms with E-state index >= 15 is 0 Å². The number of aromatic nitrogens is 2. The minimum absolute atomic E-state index is 0.446. The van der Waals surface area contributed by atoms with Crippen LogP contribution in [0, 0.1) is 0 Å². The van der Waals surface area contributed by atoms with Gasteiger partial charge in [-0.15, -0.1) is 0 Å². The van der Waals surface area contributed by atoms with Crippen LogP contribution in [0.2, 0.25) is 0 Å². The average molecular weight is 242 g/mol.